The van der Waals surface area contributed by atoms with Gasteiger partial charge in [0.1, 0.15) is 16.9 Å². The molecule has 3 heterocycles. The van der Waals surface area contributed by atoms with Crippen LogP contribution in [0.5, 0.6) is 0 Å². The van der Waals surface area contributed by atoms with Crippen LogP contribution in [0.15, 0.2) is 18.2 Å². The maximum atomic E-state index is 12.7. The average Bonchev–Trinajstić information content (AvgIpc) is 3.18. The molecule has 1 aliphatic heterocycles. The number of hydrogen-bond donors (Lipinski definition) is 1. The van der Waals surface area contributed by atoms with Crippen LogP contribution in [0.4, 0.5) is 0 Å². The molecule has 0 unspecified atom stereocenters. The van der Waals surface area contributed by atoms with E-state index in [1.807, 2.05) is 0 Å². The van der Waals surface area contributed by atoms with E-state index < -0.39 is 0 Å². The highest BCUT2D eigenvalue weighted by molar-refractivity contribution is 5.97. The number of amides is 1. The molecule has 1 N–H and O–H groups in total. The number of carbonyl (C=O) groups excluding carboxylic acids is 1. The monoisotopic (exact) mass is 297 g/mol. The lowest BCUT2D eigenvalue weighted by atomic mass is 10.1. The number of fused-ring (bicyclic) bond motifs is 2. The zero-order valence-corrected chi connectivity index (χ0v) is 12.2. The first-order valence-electron chi connectivity index (χ1n) is 7.27. The Labute approximate surface area is 126 Å². The molecule has 0 atom stereocenters. The number of benzene rings is 1. The number of nitrogens with zero attached hydrogens (tertiary/aromatic N) is 6. The van der Waals surface area contributed by atoms with Crippen molar-refractivity contribution in [2.75, 3.05) is 6.54 Å². The van der Waals surface area contributed by atoms with E-state index in [-0.39, 0.29) is 5.91 Å². The Hall–Kier alpha value is -2.77. The van der Waals surface area contributed by atoms with Gasteiger partial charge in [-0.1, -0.05) is 6.92 Å². The third kappa shape index (κ3) is 1.95. The number of nitrogens with one attached hydrogen (secondary N) is 1. The summed E-state index contributed by atoms with van der Waals surface area (Å²) in [6.45, 7) is 3.95. The number of aryl methyl sites for hydroxylation is 1. The van der Waals surface area contributed by atoms with Gasteiger partial charge in [-0.25, -0.2) is 0 Å². The largest absolute Gasteiger partial charge is 0.329 e. The van der Waals surface area contributed by atoms with Crippen molar-refractivity contribution in [3.63, 3.8) is 0 Å². The number of rotatable bonds is 2. The molecular formula is C14H15N7O. The standard InChI is InChI=1S/C14H15N7O/c1-2-12-17-18-13-8-20(5-6-21(12)13)14(22)9-3-4-10-11(7-9)16-19-15-10/h3-4,7H,2,5-6,8H2,1H3,(H,15,16,19). The lowest BCUT2D eigenvalue weighted by Gasteiger charge is -2.27. The Morgan fingerprint density at radius 1 is 1.23 bits per heavy atom. The Kier molecular flexibility index (Phi) is 2.88. The fraction of sp³-hybridized carbons (Fsp3) is 0.357. The summed E-state index contributed by atoms with van der Waals surface area (Å²) in [5, 5.41) is 18.9. The second kappa shape index (κ2) is 4.90. The van der Waals surface area contributed by atoms with Gasteiger partial charge in [-0.05, 0) is 18.2 Å². The van der Waals surface area contributed by atoms with Gasteiger partial charge in [0.05, 0.1) is 6.54 Å². The Morgan fingerprint density at radius 3 is 2.95 bits per heavy atom. The van der Waals surface area contributed by atoms with Crippen molar-refractivity contribution in [2.45, 2.75) is 26.4 Å². The predicted molar refractivity (Wildman–Crippen MR) is 78.0 cm³/mol. The van der Waals surface area contributed by atoms with Crippen LogP contribution in [0.1, 0.15) is 28.9 Å². The second-order valence-corrected chi connectivity index (χ2v) is 5.29. The molecule has 4 rings (SSSR count). The Morgan fingerprint density at radius 2 is 2.09 bits per heavy atom. The molecule has 0 saturated carbocycles. The first kappa shape index (κ1) is 12.9. The minimum atomic E-state index is -0.0165. The van der Waals surface area contributed by atoms with Crippen LogP contribution >= 0.6 is 0 Å². The minimum absolute atomic E-state index is 0.0165. The maximum Gasteiger partial charge on any atom is 0.254 e. The van der Waals surface area contributed by atoms with Gasteiger partial charge >= 0.3 is 0 Å². The molecule has 112 valence electrons. The molecule has 0 bridgehead atoms. The van der Waals surface area contributed by atoms with Crippen LogP contribution in [-0.2, 0) is 19.5 Å². The first-order valence-corrected chi connectivity index (χ1v) is 7.27. The fourth-order valence-electron chi connectivity index (χ4n) is 2.81. The van der Waals surface area contributed by atoms with Crippen LogP contribution in [0, 0.1) is 0 Å². The Balaban J connectivity index is 1.60. The predicted octanol–water partition coefficient (Wildman–Crippen LogP) is 0.768. The molecule has 0 saturated heterocycles. The molecule has 8 heteroatoms. The highest BCUT2D eigenvalue weighted by Crippen LogP contribution is 2.17. The molecule has 3 aromatic rings. The average molecular weight is 297 g/mol. The van der Waals surface area contributed by atoms with Gasteiger partial charge in [-0.3, -0.25) is 4.79 Å². The number of carbonyl (C=O) groups is 1. The minimum Gasteiger partial charge on any atom is -0.329 e. The van der Waals surface area contributed by atoms with Crippen molar-refractivity contribution in [3.05, 3.63) is 35.4 Å². The Bertz CT molecular complexity index is 850. The summed E-state index contributed by atoms with van der Waals surface area (Å²) in [7, 11) is 0. The molecule has 22 heavy (non-hydrogen) atoms. The quantitative estimate of drug-likeness (QED) is 0.754. The lowest BCUT2D eigenvalue weighted by molar-refractivity contribution is 0.0706. The number of aromatic amines is 1. The van der Waals surface area contributed by atoms with E-state index in [0.717, 1.165) is 30.1 Å². The SMILES string of the molecule is CCc1nnc2n1CCN(C(=O)c1ccc3n[nH]nc3c1)C2. The molecule has 1 aromatic carbocycles. The van der Waals surface area contributed by atoms with Crippen LogP contribution in [-0.4, -0.2) is 47.5 Å². The topological polar surface area (TPSA) is 92.6 Å². The molecular weight excluding hydrogens is 282 g/mol. The van der Waals surface area contributed by atoms with Gasteiger partial charge in [-0.15, -0.1) is 10.2 Å². The summed E-state index contributed by atoms with van der Waals surface area (Å²) in [6, 6.07) is 5.34. The van der Waals surface area contributed by atoms with E-state index in [0.29, 0.717) is 24.2 Å². The third-order valence-electron chi connectivity index (χ3n) is 4.00. The zero-order valence-electron chi connectivity index (χ0n) is 12.2. The van der Waals surface area contributed by atoms with Crippen molar-refractivity contribution in [1.29, 1.82) is 0 Å². The smallest absolute Gasteiger partial charge is 0.254 e. The van der Waals surface area contributed by atoms with E-state index in [4.69, 9.17) is 0 Å². The third-order valence-corrected chi connectivity index (χ3v) is 4.00. The number of aromatic nitrogens is 6. The highest BCUT2D eigenvalue weighted by atomic mass is 16.2. The van der Waals surface area contributed by atoms with Gasteiger partial charge in [0, 0.05) is 25.1 Å². The van der Waals surface area contributed by atoms with Crippen molar-refractivity contribution >= 4 is 16.9 Å². The van der Waals surface area contributed by atoms with Crippen molar-refractivity contribution < 1.29 is 4.79 Å². The van der Waals surface area contributed by atoms with Crippen LogP contribution in [0.3, 0.4) is 0 Å². The van der Waals surface area contributed by atoms with E-state index in [2.05, 4.69) is 37.1 Å². The van der Waals surface area contributed by atoms with Gasteiger partial charge < -0.3 is 9.47 Å². The lowest BCUT2D eigenvalue weighted by Crippen LogP contribution is -2.38. The van der Waals surface area contributed by atoms with Crippen LogP contribution in [0.25, 0.3) is 11.0 Å². The molecule has 0 fully saturated rings. The van der Waals surface area contributed by atoms with Crippen LogP contribution in [0.2, 0.25) is 0 Å². The van der Waals surface area contributed by atoms with E-state index >= 15 is 0 Å². The summed E-state index contributed by atoms with van der Waals surface area (Å²) in [4.78, 5) is 14.5. The normalized spacial score (nSPS) is 14.3. The number of hydrogen-bond acceptors (Lipinski definition) is 5. The van der Waals surface area contributed by atoms with Crippen LogP contribution < -0.4 is 0 Å². The van der Waals surface area contributed by atoms with E-state index in [1.54, 1.807) is 23.1 Å². The highest BCUT2D eigenvalue weighted by Gasteiger charge is 2.25. The molecule has 2 aromatic heterocycles. The number of H-pyrrole nitrogens is 1. The summed E-state index contributed by atoms with van der Waals surface area (Å²) >= 11 is 0. The van der Waals surface area contributed by atoms with Gasteiger partial charge in [-0.2, -0.15) is 15.4 Å². The summed E-state index contributed by atoms with van der Waals surface area (Å²) in [5.74, 6) is 1.81. The van der Waals surface area contributed by atoms with Gasteiger partial charge in [0.25, 0.3) is 5.91 Å². The molecule has 8 nitrogen and oxygen atoms in total. The molecule has 0 radical (unpaired) electrons. The van der Waals surface area contributed by atoms with E-state index in [1.165, 1.54) is 0 Å². The van der Waals surface area contributed by atoms with Crippen molar-refractivity contribution in [2.24, 2.45) is 0 Å². The zero-order chi connectivity index (χ0) is 15.1. The van der Waals surface area contributed by atoms with E-state index in [9.17, 15) is 4.79 Å². The van der Waals surface area contributed by atoms with Crippen molar-refractivity contribution in [3.8, 4) is 0 Å². The summed E-state index contributed by atoms with van der Waals surface area (Å²) in [6.07, 6.45) is 0.851. The summed E-state index contributed by atoms with van der Waals surface area (Å²) in [5.41, 5.74) is 2.06. The van der Waals surface area contributed by atoms with Crippen molar-refractivity contribution in [1.82, 2.24) is 35.1 Å². The molecule has 1 aliphatic rings. The maximum absolute atomic E-state index is 12.7. The molecule has 0 aliphatic carbocycles. The molecule has 1 amide bonds. The van der Waals surface area contributed by atoms with Gasteiger partial charge in [0.2, 0.25) is 0 Å². The summed E-state index contributed by atoms with van der Waals surface area (Å²) < 4.78 is 2.10. The van der Waals surface area contributed by atoms with Gasteiger partial charge in [0.15, 0.2) is 5.82 Å². The molecule has 0 spiro atoms. The second-order valence-electron chi connectivity index (χ2n) is 5.29. The first-order chi connectivity index (χ1) is 10.8. The fourth-order valence-corrected chi connectivity index (χ4v) is 2.81.